The fourth-order valence-corrected chi connectivity index (χ4v) is 1.55. The van der Waals surface area contributed by atoms with Crippen LogP contribution in [0.3, 0.4) is 0 Å². The molecule has 16 heavy (non-hydrogen) atoms. The predicted molar refractivity (Wildman–Crippen MR) is 65.7 cm³/mol. The van der Waals surface area contributed by atoms with Crippen LogP contribution in [0.2, 0.25) is 0 Å². The van der Waals surface area contributed by atoms with Crippen LogP contribution in [0.25, 0.3) is 0 Å². The summed E-state index contributed by atoms with van der Waals surface area (Å²) < 4.78 is 5.37. The van der Waals surface area contributed by atoms with Crippen molar-refractivity contribution < 1.29 is 9.53 Å². The van der Waals surface area contributed by atoms with E-state index in [0.717, 1.165) is 18.4 Å². The summed E-state index contributed by atoms with van der Waals surface area (Å²) in [6.07, 6.45) is 2.41. The topological polar surface area (TPSA) is 26.3 Å². The third-order valence-corrected chi connectivity index (χ3v) is 2.50. The summed E-state index contributed by atoms with van der Waals surface area (Å²) in [6.45, 7) is 6.26. The molecule has 0 spiro atoms. The molecule has 0 radical (unpaired) electrons. The Hall–Kier alpha value is -1.31. The second-order valence-corrected chi connectivity index (χ2v) is 4.27. The van der Waals surface area contributed by atoms with Crippen molar-refractivity contribution in [2.24, 2.45) is 0 Å². The van der Waals surface area contributed by atoms with Crippen LogP contribution in [0.4, 0.5) is 0 Å². The number of rotatable bonds is 5. The van der Waals surface area contributed by atoms with E-state index in [9.17, 15) is 4.79 Å². The molecule has 0 heterocycles. The van der Waals surface area contributed by atoms with Gasteiger partial charge in [0.05, 0.1) is 0 Å². The Kier molecular flexibility index (Phi) is 5.03. The van der Waals surface area contributed by atoms with Crippen LogP contribution in [-0.4, -0.2) is 5.97 Å². The number of hydrogen-bond donors (Lipinski definition) is 0. The largest absolute Gasteiger partial charge is 0.426 e. The van der Waals surface area contributed by atoms with Crippen molar-refractivity contribution in [3.63, 3.8) is 0 Å². The number of ether oxygens (including phenoxy) is 1. The molecule has 0 aliphatic rings. The summed E-state index contributed by atoms with van der Waals surface area (Å²) in [4.78, 5) is 11.5. The smallest absolute Gasteiger partial charge is 0.311 e. The molecule has 0 amide bonds. The molecule has 0 saturated carbocycles. The zero-order chi connectivity index (χ0) is 12.0. The minimum Gasteiger partial charge on any atom is -0.426 e. The highest BCUT2D eigenvalue weighted by Gasteiger charge is 2.10. The molecule has 0 aliphatic carbocycles. The van der Waals surface area contributed by atoms with E-state index in [0.29, 0.717) is 18.1 Å². The molecule has 2 heteroatoms. The standard InChI is InChI=1S/C14H20O2/c1-4-5-10-14(15)16-13-9-7-6-8-12(13)11(2)3/h6-9,11H,4-5,10H2,1-3H3. The van der Waals surface area contributed by atoms with Crippen LogP contribution in [0.15, 0.2) is 24.3 Å². The van der Waals surface area contributed by atoms with Crippen LogP contribution in [0.5, 0.6) is 5.75 Å². The number of unbranched alkanes of at least 4 members (excludes halogenated alkanes) is 1. The maximum Gasteiger partial charge on any atom is 0.311 e. The van der Waals surface area contributed by atoms with Crippen LogP contribution in [0.1, 0.15) is 51.5 Å². The molecule has 0 unspecified atom stereocenters. The van der Waals surface area contributed by atoms with Crippen molar-refractivity contribution >= 4 is 5.97 Å². The molecular formula is C14H20O2. The van der Waals surface area contributed by atoms with Crippen molar-refractivity contribution in [2.45, 2.75) is 46.0 Å². The van der Waals surface area contributed by atoms with Gasteiger partial charge in [-0.2, -0.15) is 0 Å². The van der Waals surface area contributed by atoms with Crippen molar-refractivity contribution in [3.8, 4) is 5.75 Å². The van der Waals surface area contributed by atoms with Gasteiger partial charge >= 0.3 is 5.97 Å². The van der Waals surface area contributed by atoms with Gasteiger partial charge in [-0.15, -0.1) is 0 Å². The number of carbonyl (C=O) groups is 1. The number of para-hydroxylation sites is 1. The molecular weight excluding hydrogens is 200 g/mol. The van der Waals surface area contributed by atoms with E-state index < -0.39 is 0 Å². The Balaban J connectivity index is 2.69. The van der Waals surface area contributed by atoms with Crippen molar-refractivity contribution in [1.82, 2.24) is 0 Å². The predicted octanol–water partition coefficient (Wildman–Crippen LogP) is 3.91. The first-order chi connectivity index (χ1) is 7.65. The first-order valence-electron chi connectivity index (χ1n) is 5.94. The Morgan fingerprint density at radius 3 is 2.62 bits per heavy atom. The highest BCUT2D eigenvalue weighted by molar-refractivity contribution is 5.72. The zero-order valence-corrected chi connectivity index (χ0v) is 10.3. The maximum absolute atomic E-state index is 11.5. The Morgan fingerprint density at radius 1 is 1.31 bits per heavy atom. The van der Waals surface area contributed by atoms with E-state index in [1.54, 1.807) is 0 Å². The van der Waals surface area contributed by atoms with Crippen LogP contribution >= 0.6 is 0 Å². The second kappa shape index (κ2) is 6.31. The highest BCUT2D eigenvalue weighted by Crippen LogP contribution is 2.26. The van der Waals surface area contributed by atoms with Crippen molar-refractivity contribution in [2.75, 3.05) is 0 Å². The molecule has 0 N–H and O–H groups in total. The first-order valence-corrected chi connectivity index (χ1v) is 5.94. The molecule has 0 atom stereocenters. The lowest BCUT2D eigenvalue weighted by atomic mass is 10.0. The Morgan fingerprint density at radius 2 is 2.00 bits per heavy atom. The van der Waals surface area contributed by atoms with Gasteiger partial charge in [0.25, 0.3) is 0 Å². The Bertz CT molecular complexity index is 342. The minimum atomic E-state index is -0.130. The van der Waals surface area contributed by atoms with Crippen LogP contribution < -0.4 is 4.74 Å². The van der Waals surface area contributed by atoms with E-state index in [1.165, 1.54) is 0 Å². The molecule has 0 aromatic heterocycles. The lowest BCUT2D eigenvalue weighted by Gasteiger charge is -2.12. The monoisotopic (exact) mass is 220 g/mol. The number of hydrogen-bond acceptors (Lipinski definition) is 2. The first kappa shape index (κ1) is 12.8. The summed E-state index contributed by atoms with van der Waals surface area (Å²) in [5.41, 5.74) is 1.09. The van der Waals surface area contributed by atoms with Gasteiger partial charge in [-0.1, -0.05) is 45.4 Å². The number of carbonyl (C=O) groups excluding carboxylic acids is 1. The lowest BCUT2D eigenvalue weighted by molar-refractivity contribution is -0.134. The molecule has 1 rings (SSSR count). The second-order valence-electron chi connectivity index (χ2n) is 4.27. The third kappa shape index (κ3) is 3.69. The number of benzene rings is 1. The molecule has 2 nitrogen and oxygen atoms in total. The quantitative estimate of drug-likeness (QED) is 0.555. The summed E-state index contributed by atoms with van der Waals surface area (Å²) in [5.74, 6) is 0.948. The zero-order valence-electron chi connectivity index (χ0n) is 10.3. The van der Waals surface area contributed by atoms with Gasteiger partial charge in [-0.3, -0.25) is 4.79 Å². The molecule has 0 fully saturated rings. The van der Waals surface area contributed by atoms with E-state index in [-0.39, 0.29) is 5.97 Å². The Labute approximate surface area is 97.6 Å². The van der Waals surface area contributed by atoms with E-state index in [2.05, 4.69) is 20.8 Å². The van der Waals surface area contributed by atoms with E-state index >= 15 is 0 Å². The van der Waals surface area contributed by atoms with E-state index in [4.69, 9.17) is 4.74 Å². The van der Waals surface area contributed by atoms with Crippen molar-refractivity contribution in [3.05, 3.63) is 29.8 Å². The van der Waals surface area contributed by atoms with Gasteiger partial charge in [0.1, 0.15) is 5.75 Å². The normalized spacial score (nSPS) is 10.5. The maximum atomic E-state index is 11.5. The fourth-order valence-electron chi connectivity index (χ4n) is 1.55. The van der Waals surface area contributed by atoms with Crippen LogP contribution in [-0.2, 0) is 4.79 Å². The van der Waals surface area contributed by atoms with Gasteiger partial charge in [-0.05, 0) is 24.0 Å². The fraction of sp³-hybridized carbons (Fsp3) is 0.500. The highest BCUT2D eigenvalue weighted by atomic mass is 16.5. The summed E-state index contributed by atoms with van der Waals surface area (Å²) >= 11 is 0. The minimum absolute atomic E-state index is 0.130. The SMILES string of the molecule is CCCCC(=O)Oc1ccccc1C(C)C. The van der Waals surface area contributed by atoms with Gasteiger partial charge in [0.2, 0.25) is 0 Å². The summed E-state index contributed by atoms with van der Waals surface area (Å²) in [6, 6.07) is 7.74. The van der Waals surface area contributed by atoms with Gasteiger partial charge in [0.15, 0.2) is 0 Å². The third-order valence-electron chi connectivity index (χ3n) is 2.50. The summed E-state index contributed by atoms with van der Waals surface area (Å²) in [7, 11) is 0. The number of esters is 1. The molecule has 1 aromatic rings. The molecule has 1 aromatic carbocycles. The lowest BCUT2D eigenvalue weighted by Crippen LogP contribution is -2.09. The molecule has 0 bridgehead atoms. The summed E-state index contributed by atoms with van der Waals surface area (Å²) in [5, 5.41) is 0. The average Bonchev–Trinajstić information content (AvgIpc) is 2.27. The van der Waals surface area contributed by atoms with Gasteiger partial charge in [-0.25, -0.2) is 0 Å². The molecule has 0 saturated heterocycles. The average molecular weight is 220 g/mol. The van der Waals surface area contributed by atoms with Crippen LogP contribution in [0, 0.1) is 0 Å². The molecule has 88 valence electrons. The van der Waals surface area contributed by atoms with Gasteiger partial charge in [0, 0.05) is 6.42 Å². The van der Waals surface area contributed by atoms with Crippen molar-refractivity contribution in [1.29, 1.82) is 0 Å². The van der Waals surface area contributed by atoms with E-state index in [1.807, 2.05) is 24.3 Å². The van der Waals surface area contributed by atoms with Gasteiger partial charge < -0.3 is 4.74 Å². The molecule has 0 aliphatic heterocycles.